The molecule has 1 amide bonds. The van der Waals surface area contributed by atoms with Gasteiger partial charge in [-0.1, -0.05) is 48.0 Å². The largest absolute Gasteiger partial charge is 0.347 e. The van der Waals surface area contributed by atoms with E-state index >= 15 is 0 Å². The Bertz CT molecular complexity index is 593. The van der Waals surface area contributed by atoms with Crippen LogP contribution in [0.1, 0.15) is 29.8 Å². The Kier molecular flexibility index (Phi) is 4.46. The average Bonchev–Trinajstić information content (AvgIpc) is 2.38. The summed E-state index contributed by atoms with van der Waals surface area (Å²) in [5.41, 5.74) is 1.46. The first-order valence-corrected chi connectivity index (χ1v) is 6.96. The molecule has 3 heteroatoms. The molecule has 0 aliphatic carbocycles. The molecule has 2 nitrogen and oxygen atoms in total. The molecule has 0 bridgehead atoms. The minimum absolute atomic E-state index is 0.103. The Labute approximate surface area is 124 Å². The predicted octanol–water partition coefficient (Wildman–Crippen LogP) is 4.09. The van der Waals surface area contributed by atoms with Crippen LogP contribution in [0.2, 0.25) is 5.02 Å². The van der Waals surface area contributed by atoms with Crippen molar-refractivity contribution in [3.8, 4) is 0 Å². The Morgan fingerprint density at radius 3 is 2.45 bits per heavy atom. The third-order valence-corrected chi connectivity index (χ3v) is 3.26. The lowest BCUT2D eigenvalue weighted by atomic mass is 9.94. The smallest absolute Gasteiger partial charge is 0.251 e. The molecule has 0 unspecified atom stereocenters. The highest BCUT2D eigenvalue weighted by molar-refractivity contribution is 6.30. The van der Waals surface area contributed by atoms with Gasteiger partial charge in [-0.05, 0) is 44.0 Å². The third-order valence-electron chi connectivity index (χ3n) is 3.03. The van der Waals surface area contributed by atoms with Gasteiger partial charge in [0.2, 0.25) is 0 Å². The lowest BCUT2D eigenvalue weighted by Crippen LogP contribution is -2.45. The molecule has 0 fully saturated rings. The van der Waals surface area contributed by atoms with Crippen LogP contribution >= 0.6 is 11.6 Å². The highest BCUT2D eigenvalue weighted by atomic mass is 35.5. The molecular formula is C17H18ClNO. The summed E-state index contributed by atoms with van der Waals surface area (Å²) in [5, 5.41) is 3.62. The molecule has 1 N–H and O–H groups in total. The summed E-state index contributed by atoms with van der Waals surface area (Å²) in [6, 6.07) is 17.1. The van der Waals surface area contributed by atoms with Gasteiger partial charge >= 0.3 is 0 Å². The number of hydrogen-bond acceptors (Lipinski definition) is 1. The maximum absolute atomic E-state index is 12.2. The molecule has 0 saturated carbocycles. The van der Waals surface area contributed by atoms with E-state index in [1.807, 2.05) is 32.0 Å². The second kappa shape index (κ2) is 6.10. The van der Waals surface area contributed by atoms with Gasteiger partial charge in [0.1, 0.15) is 0 Å². The normalized spacial score (nSPS) is 11.2. The van der Waals surface area contributed by atoms with Crippen molar-refractivity contribution < 1.29 is 4.79 Å². The molecule has 104 valence electrons. The van der Waals surface area contributed by atoms with Crippen LogP contribution in [-0.4, -0.2) is 11.4 Å². The number of hydrogen-bond donors (Lipinski definition) is 1. The minimum Gasteiger partial charge on any atom is -0.347 e. The minimum atomic E-state index is -0.319. The van der Waals surface area contributed by atoms with E-state index in [-0.39, 0.29) is 11.4 Å². The first kappa shape index (κ1) is 14.6. The van der Waals surface area contributed by atoms with Crippen molar-refractivity contribution in [2.75, 3.05) is 0 Å². The summed E-state index contributed by atoms with van der Waals surface area (Å²) >= 11 is 5.91. The lowest BCUT2D eigenvalue weighted by Gasteiger charge is -2.26. The molecule has 0 aliphatic heterocycles. The molecule has 20 heavy (non-hydrogen) atoms. The standard InChI is InChI=1S/C17H18ClNO/c1-17(2,12-13-7-4-3-5-8-13)19-16(20)14-9-6-10-15(18)11-14/h3-11H,12H2,1-2H3,(H,19,20). The summed E-state index contributed by atoms with van der Waals surface area (Å²) in [5.74, 6) is -0.103. The van der Waals surface area contributed by atoms with E-state index in [0.717, 1.165) is 6.42 Å². The maximum Gasteiger partial charge on any atom is 0.251 e. The topological polar surface area (TPSA) is 29.1 Å². The number of rotatable bonds is 4. The van der Waals surface area contributed by atoms with E-state index in [4.69, 9.17) is 11.6 Å². The molecular weight excluding hydrogens is 270 g/mol. The highest BCUT2D eigenvalue weighted by Crippen LogP contribution is 2.15. The quantitative estimate of drug-likeness (QED) is 0.901. The van der Waals surface area contributed by atoms with E-state index < -0.39 is 0 Å². The molecule has 2 aromatic carbocycles. The zero-order chi connectivity index (χ0) is 14.6. The molecule has 0 spiro atoms. The zero-order valence-corrected chi connectivity index (χ0v) is 12.4. The Hall–Kier alpha value is -1.80. The molecule has 0 atom stereocenters. The Balaban J connectivity index is 2.06. The fourth-order valence-corrected chi connectivity index (χ4v) is 2.35. The molecule has 0 aromatic heterocycles. The van der Waals surface area contributed by atoms with Crippen molar-refractivity contribution in [1.82, 2.24) is 5.32 Å². The fourth-order valence-electron chi connectivity index (χ4n) is 2.16. The third kappa shape index (κ3) is 4.10. The van der Waals surface area contributed by atoms with Crippen LogP contribution in [0.25, 0.3) is 0 Å². The first-order valence-electron chi connectivity index (χ1n) is 6.58. The second-order valence-electron chi connectivity index (χ2n) is 5.51. The zero-order valence-electron chi connectivity index (χ0n) is 11.7. The van der Waals surface area contributed by atoms with Gasteiger partial charge in [0.15, 0.2) is 0 Å². The van der Waals surface area contributed by atoms with Crippen molar-refractivity contribution in [3.63, 3.8) is 0 Å². The van der Waals surface area contributed by atoms with Gasteiger partial charge in [-0.2, -0.15) is 0 Å². The van der Waals surface area contributed by atoms with Crippen LogP contribution in [0.3, 0.4) is 0 Å². The average molecular weight is 288 g/mol. The summed E-state index contributed by atoms with van der Waals surface area (Å²) in [6.45, 7) is 4.03. The number of carbonyl (C=O) groups excluding carboxylic acids is 1. The van der Waals surface area contributed by atoms with Gasteiger partial charge < -0.3 is 5.32 Å². The number of nitrogens with one attached hydrogen (secondary N) is 1. The summed E-state index contributed by atoms with van der Waals surface area (Å²) in [6.07, 6.45) is 0.778. The van der Waals surface area contributed by atoms with E-state index in [0.29, 0.717) is 10.6 Å². The van der Waals surface area contributed by atoms with E-state index in [1.165, 1.54) is 5.56 Å². The number of halogens is 1. The van der Waals surface area contributed by atoms with Crippen LogP contribution in [0.15, 0.2) is 54.6 Å². The maximum atomic E-state index is 12.2. The van der Waals surface area contributed by atoms with Gasteiger partial charge in [-0.25, -0.2) is 0 Å². The first-order chi connectivity index (χ1) is 9.46. The van der Waals surface area contributed by atoms with Crippen molar-refractivity contribution in [2.45, 2.75) is 25.8 Å². The van der Waals surface area contributed by atoms with E-state index in [2.05, 4.69) is 17.4 Å². The second-order valence-corrected chi connectivity index (χ2v) is 5.95. The SMILES string of the molecule is CC(C)(Cc1ccccc1)NC(=O)c1cccc(Cl)c1. The number of benzene rings is 2. The van der Waals surface area contributed by atoms with Gasteiger partial charge in [-0.15, -0.1) is 0 Å². The van der Waals surface area contributed by atoms with Crippen molar-refractivity contribution in [1.29, 1.82) is 0 Å². The van der Waals surface area contributed by atoms with Crippen LogP contribution in [0.4, 0.5) is 0 Å². The van der Waals surface area contributed by atoms with Crippen LogP contribution in [-0.2, 0) is 6.42 Å². The van der Waals surface area contributed by atoms with E-state index in [9.17, 15) is 4.79 Å². The van der Waals surface area contributed by atoms with Gasteiger partial charge in [0.25, 0.3) is 5.91 Å². The Morgan fingerprint density at radius 2 is 1.80 bits per heavy atom. The predicted molar refractivity (Wildman–Crippen MR) is 83.1 cm³/mol. The van der Waals surface area contributed by atoms with Gasteiger partial charge in [0.05, 0.1) is 0 Å². The highest BCUT2D eigenvalue weighted by Gasteiger charge is 2.21. The van der Waals surface area contributed by atoms with Gasteiger partial charge in [-0.3, -0.25) is 4.79 Å². The number of amides is 1. The van der Waals surface area contributed by atoms with Crippen LogP contribution in [0, 0.1) is 0 Å². The van der Waals surface area contributed by atoms with Gasteiger partial charge in [0, 0.05) is 16.1 Å². The van der Waals surface area contributed by atoms with Crippen molar-refractivity contribution in [3.05, 3.63) is 70.7 Å². The molecule has 2 aromatic rings. The summed E-state index contributed by atoms with van der Waals surface area (Å²) in [7, 11) is 0. The molecule has 2 rings (SSSR count). The van der Waals surface area contributed by atoms with E-state index in [1.54, 1.807) is 24.3 Å². The summed E-state index contributed by atoms with van der Waals surface area (Å²) < 4.78 is 0. The van der Waals surface area contributed by atoms with Crippen molar-refractivity contribution in [2.24, 2.45) is 0 Å². The molecule has 0 heterocycles. The molecule has 0 aliphatic rings. The summed E-state index contributed by atoms with van der Waals surface area (Å²) in [4.78, 5) is 12.2. The van der Waals surface area contributed by atoms with Crippen LogP contribution < -0.4 is 5.32 Å². The number of carbonyl (C=O) groups is 1. The Morgan fingerprint density at radius 1 is 1.10 bits per heavy atom. The monoisotopic (exact) mass is 287 g/mol. The molecule has 0 radical (unpaired) electrons. The van der Waals surface area contributed by atoms with Crippen LogP contribution in [0.5, 0.6) is 0 Å². The lowest BCUT2D eigenvalue weighted by molar-refractivity contribution is 0.0913. The fraction of sp³-hybridized carbons (Fsp3) is 0.235. The molecule has 0 saturated heterocycles. The van der Waals surface area contributed by atoms with Crippen molar-refractivity contribution >= 4 is 17.5 Å².